The molecule has 184 valence electrons. The Balaban J connectivity index is 1.59. The monoisotopic (exact) mass is 499 g/mol. The van der Waals surface area contributed by atoms with Crippen LogP contribution in [0.15, 0.2) is 34.0 Å². The van der Waals surface area contributed by atoms with E-state index in [1.54, 1.807) is 6.92 Å². The number of H-pyrrole nitrogens is 1. The van der Waals surface area contributed by atoms with Crippen molar-refractivity contribution in [3.8, 4) is 0 Å². The van der Waals surface area contributed by atoms with Crippen molar-refractivity contribution in [2.75, 3.05) is 6.61 Å². The molecule has 2 aromatic rings. The number of halogens is 1. The molecule has 1 saturated heterocycles. The third kappa shape index (κ3) is 5.62. The summed E-state index contributed by atoms with van der Waals surface area (Å²) in [6, 6.07) is 3.99. The average Bonchev–Trinajstić information content (AvgIpc) is 3.15. The van der Waals surface area contributed by atoms with E-state index in [-0.39, 0.29) is 34.9 Å². The Bertz CT molecular complexity index is 1200. The summed E-state index contributed by atoms with van der Waals surface area (Å²) >= 11 is 5.90. The van der Waals surface area contributed by atoms with Crippen LogP contribution in [0.3, 0.4) is 0 Å². The number of rotatable bonds is 7. The first-order chi connectivity index (χ1) is 16.0. The minimum Gasteiger partial charge on any atom is -0.434 e. The summed E-state index contributed by atoms with van der Waals surface area (Å²) in [4.78, 5) is 48.3. The number of aliphatic hydroxyl groups excluding tert-OH is 2. The molecule has 0 bridgehead atoms. The molecule has 2 heterocycles. The number of nitrogens with one attached hydrogen (secondary N) is 1. The quantitative estimate of drug-likeness (QED) is 0.217. The largest absolute Gasteiger partial charge is 0.510 e. The number of hydrogen-bond donors (Lipinski definition) is 3. The number of aliphatic hydroxyl groups is 2. The van der Waals surface area contributed by atoms with Crippen LogP contribution in [-0.4, -0.2) is 55.9 Å². The number of nitro groups is 1. The minimum atomic E-state index is -1.94. The smallest absolute Gasteiger partial charge is 0.434 e. The Hall–Kier alpha value is -3.26. The molecular weight excluding hydrogens is 478 g/mol. The number of aromatic amines is 1. The van der Waals surface area contributed by atoms with Crippen LogP contribution in [0.5, 0.6) is 0 Å². The fraction of sp³-hybridized carbons (Fsp3) is 0.450. The number of nitrogens with zero attached hydrogens (tertiary/aromatic N) is 2. The van der Waals surface area contributed by atoms with Crippen molar-refractivity contribution >= 4 is 23.4 Å². The van der Waals surface area contributed by atoms with E-state index in [1.807, 2.05) is 0 Å². The van der Waals surface area contributed by atoms with E-state index in [9.17, 15) is 34.7 Å². The zero-order valence-corrected chi connectivity index (χ0v) is 18.8. The summed E-state index contributed by atoms with van der Waals surface area (Å²) in [5.74, 6) is -0.628. The summed E-state index contributed by atoms with van der Waals surface area (Å²) in [6.07, 6.45) is -5.85. The number of aromatic nitrogens is 2. The topological polar surface area (TPSA) is 183 Å². The van der Waals surface area contributed by atoms with Gasteiger partial charge < -0.3 is 24.4 Å². The first-order valence-electron chi connectivity index (χ1n) is 10.1. The maximum absolute atomic E-state index is 12.0. The second-order valence-corrected chi connectivity index (χ2v) is 8.20. The third-order valence-electron chi connectivity index (χ3n) is 5.26. The van der Waals surface area contributed by atoms with Crippen molar-refractivity contribution in [1.82, 2.24) is 9.55 Å². The highest BCUT2D eigenvalue weighted by Gasteiger charge is 2.42. The predicted molar refractivity (Wildman–Crippen MR) is 116 cm³/mol. The molecule has 1 aliphatic rings. The molecule has 3 N–H and O–H groups in total. The van der Waals surface area contributed by atoms with Gasteiger partial charge in [0.1, 0.15) is 18.9 Å². The van der Waals surface area contributed by atoms with E-state index >= 15 is 0 Å². The van der Waals surface area contributed by atoms with Gasteiger partial charge >= 0.3 is 11.8 Å². The van der Waals surface area contributed by atoms with Crippen molar-refractivity contribution in [1.29, 1.82) is 0 Å². The zero-order chi connectivity index (χ0) is 25.2. The Labute approximate surface area is 196 Å². The molecule has 1 aromatic carbocycles. The second-order valence-electron chi connectivity index (χ2n) is 7.77. The molecule has 0 spiro atoms. The highest BCUT2D eigenvalue weighted by Crippen LogP contribution is 2.31. The summed E-state index contributed by atoms with van der Waals surface area (Å²) in [5.41, 5.74) is -1.07. The number of carbonyl (C=O) groups excluding carboxylic acids is 1. The lowest BCUT2D eigenvalue weighted by Crippen LogP contribution is -2.38. The summed E-state index contributed by atoms with van der Waals surface area (Å²) in [6.45, 7) is 2.72. The molecule has 1 aliphatic heterocycles. The summed E-state index contributed by atoms with van der Waals surface area (Å²) < 4.78 is 16.2. The van der Waals surface area contributed by atoms with Gasteiger partial charge in [-0.15, -0.1) is 0 Å². The van der Waals surface area contributed by atoms with E-state index in [4.69, 9.17) is 25.8 Å². The standard InChI is InChI=1S/C20H22ClN3O10/c1-9-7-23(19(28)22-17(9)26)15-6-14(25)16(33-15)18(27)34-20(29)32-8-10(2)12-5-11(21)3-4-13(12)24(30)31/h3-5,7,10,14-16,18,25,27H,6,8H2,1-2H3,(H,22,26,28)/t10?,14?,15-,16+,18?/m1/s1. The van der Waals surface area contributed by atoms with Gasteiger partial charge in [0.25, 0.3) is 11.2 Å². The maximum Gasteiger partial charge on any atom is 0.510 e. The fourth-order valence-corrected chi connectivity index (χ4v) is 3.65. The number of hydrogen-bond acceptors (Lipinski definition) is 10. The highest BCUT2D eigenvalue weighted by atomic mass is 35.5. The van der Waals surface area contributed by atoms with Gasteiger partial charge in [0.15, 0.2) is 0 Å². The Morgan fingerprint density at radius 1 is 1.44 bits per heavy atom. The number of benzene rings is 1. The van der Waals surface area contributed by atoms with Crippen LogP contribution in [0.2, 0.25) is 5.02 Å². The molecule has 3 rings (SSSR count). The van der Waals surface area contributed by atoms with Gasteiger partial charge in [-0.1, -0.05) is 18.5 Å². The third-order valence-corrected chi connectivity index (χ3v) is 5.49. The van der Waals surface area contributed by atoms with Gasteiger partial charge in [0.05, 0.1) is 11.0 Å². The Kier molecular flexibility index (Phi) is 7.71. The Morgan fingerprint density at radius 3 is 2.82 bits per heavy atom. The van der Waals surface area contributed by atoms with Crippen molar-refractivity contribution in [2.45, 2.75) is 50.9 Å². The number of ether oxygens (including phenoxy) is 3. The molecule has 0 aliphatic carbocycles. The molecular formula is C20H22ClN3O10. The van der Waals surface area contributed by atoms with Crippen LogP contribution in [0.25, 0.3) is 0 Å². The van der Waals surface area contributed by atoms with E-state index in [0.29, 0.717) is 0 Å². The minimum absolute atomic E-state index is 0.124. The molecule has 1 aromatic heterocycles. The van der Waals surface area contributed by atoms with Crippen LogP contribution in [0, 0.1) is 17.0 Å². The molecule has 13 nitrogen and oxygen atoms in total. The maximum atomic E-state index is 12.0. The normalized spacial score (nSPS) is 21.6. The van der Waals surface area contributed by atoms with Crippen molar-refractivity contribution in [2.24, 2.45) is 0 Å². The molecule has 34 heavy (non-hydrogen) atoms. The first kappa shape index (κ1) is 25.4. The molecule has 0 saturated carbocycles. The van der Waals surface area contributed by atoms with Crippen LogP contribution >= 0.6 is 11.6 Å². The van der Waals surface area contributed by atoms with Gasteiger partial charge in [0.2, 0.25) is 6.29 Å². The van der Waals surface area contributed by atoms with E-state index in [0.717, 1.165) is 4.57 Å². The lowest BCUT2D eigenvalue weighted by atomic mass is 10.0. The van der Waals surface area contributed by atoms with Gasteiger partial charge in [-0.3, -0.25) is 24.5 Å². The van der Waals surface area contributed by atoms with Gasteiger partial charge in [0, 0.05) is 40.8 Å². The molecule has 0 amide bonds. The highest BCUT2D eigenvalue weighted by molar-refractivity contribution is 6.30. The van der Waals surface area contributed by atoms with Crippen LogP contribution in [-0.2, 0) is 14.2 Å². The van der Waals surface area contributed by atoms with Gasteiger partial charge in [-0.2, -0.15) is 0 Å². The number of aryl methyl sites for hydroxylation is 1. The van der Waals surface area contributed by atoms with Crippen molar-refractivity contribution in [3.63, 3.8) is 0 Å². The first-order valence-corrected chi connectivity index (χ1v) is 10.5. The number of nitro benzene ring substituents is 1. The fourth-order valence-electron chi connectivity index (χ4n) is 3.47. The summed E-state index contributed by atoms with van der Waals surface area (Å²) in [7, 11) is 0. The zero-order valence-electron chi connectivity index (χ0n) is 18.0. The summed E-state index contributed by atoms with van der Waals surface area (Å²) in [5, 5.41) is 31.9. The van der Waals surface area contributed by atoms with Crippen LogP contribution < -0.4 is 11.2 Å². The van der Waals surface area contributed by atoms with Crippen LogP contribution in [0.1, 0.15) is 36.6 Å². The molecule has 0 radical (unpaired) electrons. The molecule has 1 fully saturated rings. The van der Waals surface area contributed by atoms with E-state index < -0.39 is 53.0 Å². The van der Waals surface area contributed by atoms with Crippen molar-refractivity contribution < 1.29 is 34.1 Å². The lowest BCUT2D eigenvalue weighted by Gasteiger charge is -2.21. The molecule has 5 atom stereocenters. The molecule has 3 unspecified atom stereocenters. The SMILES string of the molecule is Cc1cn([C@H]2CC(O)[C@@H](C(O)OC(=O)OCC(C)c3cc(Cl)ccc3[N+](=O)[O-])O2)c(=O)[nH]c1=O. The predicted octanol–water partition coefficient (Wildman–Crippen LogP) is 1.33. The average molecular weight is 500 g/mol. The Morgan fingerprint density at radius 2 is 2.15 bits per heavy atom. The van der Waals surface area contributed by atoms with Gasteiger partial charge in [-0.05, 0) is 19.1 Å². The van der Waals surface area contributed by atoms with Gasteiger partial charge in [-0.25, -0.2) is 9.59 Å². The van der Waals surface area contributed by atoms with E-state index in [1.165, 1.54) is 31.3 Å². The molecule has 14 heteroatoms. The van der Waals surface area contributed by atoms with Crippen LogP contribution in [0.4, 0.5) is 10.5 Å². The second kappa shape index (κ2) is 10.3. The number of carbonyl (C=O) groups is 1. The van der Waals surface area contributed by atoms with Crippen molar-refractivity contribution in [3.05, 3.63) is 71.5 Å². The lowest BCUT2D eigenvalue weighted by molar-refractivity contribution is -0.385. The van der Waals surface area contributed by atoms with E-state index in [2.05, 4.69) is 4.98 Å².